The molecule has 1 atom stereocenters. The molecule has 1 rings (SSSR count). The Morgan fingerprint density at radius 3 is 2.35 bits per heavy atom. The zero-order valence-electron chi connectivity index (χ0n) is 9.44. The Morgan fingerprint density at radius 1 is 1.24 bits per heavy atom. The second kappa shape index (κ2) is 5.52. The third kappa shape index (κ3) is 3.34. The van der Waals surface area contributed by atoms with E-state index in [2.05, 4.69) is 4.74 Å². The molecule has 0 aromatic heterocycles. The number of Topliss-reactive ketones (excluding diaryl/α,β-unsaturated/α-hetero) is 1. The van der Waals surface area contributed by atoms with Gasteiger partial charge in [0.15, 0.2) is 0 Å². The van der Waals surface area contributed by atoms with E-state index in [4.69, 9.17) is 0 Å². The van der Waals surface area contributed by atoms with E-state index in [0.717, 1.165) is 12.1 Å². The summed E-state index contributed by atoms with van der Waals surface area (Å²) in [5, 5.41) is 0. The fourth-order valence-electron chi connectivity index (χ4n) is 1.20. The van der Waals surface area contributed by atoms with E-state index < -0.39 is 35.4 Å². The predicted molar refractivity (Wildman–Crippen MR) is 56.9 cm³/mol. The van der Waals surface area contributed by atoms with Crippen LogP contribution in [-0.4, -0.2) is 24.0 Å². The van der Waals surface area contributed by atoms with E-state index in [1.807, 2.05) is 0 Å². The van der Waals surface area contributed by atoms with Crippen molar-refractivity contribution < 1.29 is 23.1 Å². The maximum absolute atomic E-state index is 13.4. The van der Waals surface area contributed by atoms with Crippen LogP contribution in [0, 0.1) is 5.82 Å². The van der Waals surface area contributed by atoms with Crippen molar-refractivity contribution in [1.29, 1.82) is 0 Å². The molecule has 1 aromatic rings. The van der Waals surface area contributed by atoms with Crippen LogP contribution < -0.4 is 0 Å². The Hall–Kier alpha value is -1.78. The number of benzene rings is 1. The smallest absolute Gasteiger partial charge is 0.349 e. The molecule has 0 spiro atoms. The van der Waals surface area contributed by atoms with Crippen LogP contribution in [0.15, 0.2) is 24.3 Å². The van der Waals surface area contributed by atoms with Crippen LogP contribution in [0.3, 0.4) is 0 Å². The molecule has 3 nitrogen and oxygen atoms in total. The highest BCUT2D eigenvalue weighted by Crippen LogP contribution is 2.12. The van der Waals surface area contributed by atoms with E-state index >= 15 is 0 Å². The summed E-state index contributed by atoms with van der Waals surface area (Å²) >= 11 is 0. The number of hydrogen-bond acceptors (Lipinski definition) is 3. The lowest BCUT2D eigenvalue weighted by Crippen LogP contribution is -2.30. The Kier molecular flexibility index (Phi) is 4.31. The van der Waals surface area contributed by atoms with Crippen molar-refractivity contribution in [3.63, 3.8) is 0 Å². The SMILES string of the molecule is CC(C)OC(=O)C(F)C(=O)c1ccccc1F. The first kappa shape index (κ1) is 13.3. The number of alkyl halides is 1. The third-order valence-corrected chi connectivity index (χ3v) is 1.93. The first-order valence-electron chi connectivity index (χ1n) is 5.06. The summed E-state index contributed by atoms with van der Waals surface area (Å²) in [6.07, 6.45) is -3.02. The maximum Gasteiger partial charge on any atom is 0.349 e. The lowest BCUT2D eigenvalue weighted by Gasteiger charge is -2.10. The van der Waals surface area contributed by atoms with Crippen LogP contribution in [0.25, 0.3) is 0 Å². The highest BCUT2D eigenvalue weighted by molar-refractivity contribution is 6.11. The summed E-state index contributed by atoms with van der Waals surface area (Å²) in [5.41, 5.74) is -0.458. The van der Waals surface area contributed by atoms with Crippen molar-refractivity contribution in [3.8, 4) is 0 Å². The van der Waals surface area contributed by atoms with Crippen LogP contribution in [0.1, 0.15) is 24.2 Å². The quantitative estimate of drug-likeness (QED) is 0.462. The average Bonchev–Trinajstić information content (AvgIpc) is 2.27. The van der Waals surface area contributed by atoms with Crippen molar-refractivity contribution in [1.82, 2.24) is 0 Å². The number of halogens is 2. The topological polar surface area (TPSA) is 43.4 Å². The molecular formula is C12H12F2O3. The molecule has 0 bridgehead atoms. The molecule has 0 radical (unpaired) electrons. The lowest BCUT2D eigenvalue weighted by molar-refractivity contribution is -0.151. The summed E-state index contributed by atoms with van der Waals surface area (Å²) in [5.74, 6) is -3.39. The van der Waals surface area contributed by atoms with Crippen molar-refractivity contribution >= 4 is 11.8 Å². The Morgan fingerprint density at radius 2 is 1.82 bits per heavy atom. The number of carbonyl (C=O) groups excluding carboxylic acids is 2. The minimum atomic E-state index is -2.49. The van der Waals surface area contributed by atoms with Crippen molar-refractivity contribution in [3.05, 3.63) is 35.6 Å². The highest BCUT2D eigenvalue weighted by atomic mass is 19.1. The summed E-state index contributed by atoms with van der Waals surface area (Å²) in [6, 6.07) is 4.89. The van der Waals surface area contributed by atoms with Gasteiger partial charge in [0.05, 0.1) is 11.7 Å². The van der Waals surface area contributed by atoms with Gasteiger partial charge in [-0.1, -0.05) is 12.1 Å². The number of rotatable bonds is 4. The fourth-order valence-corrected chi connectivity index (χ4v) is 1.20. The van der Waals surface area contributed by atoms with Gasteiger partial charge < -0.3 is 4.74 Å². The minimum Gasteiger partial charge on any atom is -0.460 e. The molecule has 0 saturated heterocycles. The molecule has 0 amide bonds. The van der Waals surface area contributed by atoms with Crippen molar-refractivity contribution in [2.75, 3.05) is 0 Å². The molecule has 0 saturated carbocycles. The number of esters is 1. The number of ketones is 1. The van der Waals surface area contributed by atoms with Gasteiger partial charge in [0, 0.05) is 0 Å². The molecule has 92 valence electrons. The molecule has 0 N–H and O–H groups in total. The average molecular weight is 242 g/mol. The van der Waals surface area contributed by atoms with E-state index in [9.17, 15) is 18.4 Å². The summed E-state index contributed by atoms with van der Waals surface area (Å²) in [6.45, 7) is 3.05. The predicted octanol–water partition coefficient (Wildman–Crippen LogP) is 2.30. The van der Waals surface area contributed by atoms with Gasteiger partial charge in [-0.25, -0.2) is 13.6 Å². The molecule has 0 aliphatic heterocycles. The van der Waals surface area contributed by atoms with Gasteiger partial charge in [-0.3, -0.25) is 4.79 Å². The van der Waals surface area contributed by atoms with Crippen molar-refractivity contribution in [2.24, 2.45) is 0 Å². The van der Waals surface area contributed by atoms with Gasteiger partial charge in [0.25, 0.3) is 6.17 Å². The van der Waals surface area contributed by atoms with E-state index in [-0.39, 0.29) is 0 Å². The van der Waals surface area contributed by atoms with Gasteiger partial charge >= 0.3 is 5.97 Å². The first-order valence-corrected chi connectivity index (χ1v) is 5.06. The number of hydrogen-bond donors (Lipinski definition) is 0. The summed E-state index contributed by atoms with van der Waals surface area (Å²) < 4.78 is 31.1. The molecule has 1 unspecified atom stereocenters. The fraction of sp³-hybridized carbons (Fsp3) is 0.333. The van der Waals surface area contributed by atoms with Gasteiger partial charge in [0.1, 0.15) is 5.82 Å². The minimum absolute atomic E-state index is 0.458. The zero-order valence-corrected chi connectivity index (χ0v) is 9.44. The van der Waals surface area contributed by atoms with E-state index in [0.29, 0.717) is 0 Å². The highest BCUT2D eigenvalue weighted by Gasteiger charge is 2.30. The van der Waals surface area contributed by atoms with E-state index in [1.54, 1.807) is 0 Å². The van der Waals surface area contributed by atoms with Crippen LogP contribution in [0.5, 0.6) is 0 Å². The van der Waals surface area contributed by atoms with Crippen molar-refractivity contribution in [2.45, 2.75) is 26.1 Å². The largest absolute Gasteiger partial charge is 0.460 e. The molecule has 0 aliphatic rings. The maximum atomic E-state index is 13.4. The Balaban J connectivity index is 2.84. The molecule has 0 heterocycles. The molecular weight excluding hydrogens is 230 g/mol. The molecule has 5 heteroatoms. The first-order chi connectivity index (χ1) is 7.93. The van der Waals surface area contributed by atoms with Gasteiger partial charge in [0.2, 0.25) is 5.78 Å². The van der Waals surface area contributed by atoms with Gasteiger partial charge in [-0.2, -0.15) is 0 Å². The normalized spacial score (nSPS) is 12.3. The zero-order chi connectivity index (χ0) is 13.0. The van der Waals surface area contributed by atoms with Crippen LogP contribution in [-0.2, 0) is 9.53 Å². The van der Waals surface area contributed by atoms with Crippen LogP contribution >= 0.6 is 0 Å². The van der Waals surface area contributed by atoms with Gasteiger partial charge in [-0.05, 0) is 26.0 Å². The molecule has 1 aromatic carbocycles. The number of carbonyl (C=O) groups is 2. The van der Waals surface area contributed by atoms with Crippen LogP contribution in [0.4, 0.5) is 8.78 Å². The van der Waals surface area contributed by atoms with Crippen LogP contribution in [0.2, 0.25) is 0 Å². The lowest BCUT2D eigenvalue weighted by atomic mass is 10.1. The summed E-state index contributed by atoms with van der Waals surface area (Å²) in [4.78, 5) is 22.6. The third-order valence-electron chi connectivity index (χ3n) is 1.93. The molecule has 0 fully saturated rings. The second-order valence-electron chi connectivity index (χ2n) is 3.69. The number of ether oxygens (including phenoxy) is 1. The monoisotopic (exact) mass is 242 g/mol. The molecule has 17 heavy (non-hydrogen) atoms. The second-order valence-corrected chi connectivity index (χ2v) is 3.69. The van der Waals surface area contributed by atoms with E-state index in [1.165, 1.54) is 26.0 Å². The standard InChI is InChI=1S/C12H12F2O3/c1-7(2)17-12(16)10(14)11(15)8-5-3-4-6-9(8)13/h3-7,10H,1-2H3. The molecule has 0 aliphatic carbocycles. The Labute approximate surface area is 97.4 Å². The Bertz CT molecular complexity index is 430. The van der Waals surface area contributed by atoms with Gasteiger partial charge in [-0.15, -0.1) is 0 Å². The summed E-state index contributed by atoms with van der Waals surface area (Å²) in [7, 11) is 0.